The van der Waals surface area contributed by atoms with Crippen molar-refractivity contribution in [3.8, 4) is 16.9 Å². The molecule has 4 heteroatoms. The summed E-state index contributed by atoms with van der Waals surface area (Å²) >= 11 is 0. The van der Waals surface area contributed by atoms with Gasteiger partial charge in [0.1, 0.15) is 5.82 Å². The molecule has 118 valence electrons. The minimum atomic E-state index is 0.0906. The molecule has 3 heterocycles. The Kier molecular flexibility index (Phi) is 3.58. The normalized spacial score (nSPS) is 16.4. The van der Waals surface area contributed by atoms with E-state index in [2.05, 4.69) is 34.8 Å². The van der Waals surface area contributed by atoms with Crippen molar-refractivity contribution in [3.05, 3.63) is 72.8 Å². The first kappa shape index (κ1) is 14.6. The monoisotopic (exact) mass is 314 g/mol. The van der Waals surface area contributed by atoms with Crippen molar-refractivity contribution in [1.29, 1.82) is 0 Å². The number of benzene rings is 1. The van der Waals surface area contributed by atoms with Gasteiger partial charge in [0.05, 0.1) is 23.0 Å². The van der Waals surface area contributed by atoms with Crippen LogP contribution >= 0.6 is 0 Å². The first-order valence-corrected chi connectivity index (χ1v) is 8.09. The molecule has 4 rings (SSSR count). The van der Waals surface area contributed by atoms with Crippen LogP contribution in [0.3, 0.4) is 0 Å². The molecule has 0 fully saturated rings. The lowest BCUT2D eigenvalue weighted by molar-refractivity contribution is 0.852. The predicted molar refractivity (Wildman–Crippen MR) is 97.1 cm³/mol. The van der Waals surface area contributed by atoms with Gasteiger partial charge < -0.3 is 0 Å². The van der Waals surface area contributed by atoms with Crippen LogP contribution in [0.15, 0.2) is 72.0 Å². The maximum Gasteiger partial charge on any atom is 0.176 e. The van der Waals surface area contributed by atoms with Crippen molar-refractivity contribution >= 4 is 11.5 Å². The number of hydrogen-bond donors (Lipinski definition) is 0. The maximum atomic E-state index is 4.91. The van der Waals surface area contributed by atoms with Crippen molar-refractivity contribution in [2.24, 2.45) is 4.99 Å². The summed E-state index contributed by atoms with van der Waals surface area (Å²) in [7, 11) is 0. The maximum absolute atomic E-state index is 4.91. The molecule has 1 atom stereocenters. The summed E-state index contributed by atoms with van der Waals surface area (Å²) in [6.45, 7) is 4.14. The highest BCUT2D eigenvalue weighted by Crippen LogP contribution is 2.33. The molecule has 0 amide bonds. The van der Waals surface area contributed by atoms with Gasteiger partial charge in [0.2, 0.25) is 0 Å². The van der Waals surface area contributed by atoms with E-state index in [-0.39, 0.29) is 5.92 Å². The number of aliphatic imine (C=N–C) groups is 1. The number of pyridine rings is 1. The molecule has 1 unspecified atom stereocenters. The van der Waals surface area contributed by atoms with Crippen LogP contribution in [0.1, 0.15) is 25.6 Å². The van der Waals surface area contributed by atoms with Crippen LogP contribution in [0.4, 0.5) is 5.82 Å². The molecule has 0 aliphatic carbocycles. The Morgan fingerprint density at radius 3 is 2.71 bits per heavy atom. The molecule has 0 radical (unpaired) electrons. The minimum Gasteiger partial charge on any atom is -0.299 e. The van der Waals surface area contributed by atoms with Crippen molar-refractivity contribution in [2.45, 2.75) is 19.8 Å². The highest BCUT2D eigenvalue weighted by atomic mass is 15.1. The van der Waals surface area contributed by atoms with Crippen LogP contribution in [0.25, 0.3) is 16.9 Å². The quantitative estimate of drug-likeness (QED) is 0.688. The third kappa shape index (κ3) is 2.36. The van der Waals surface area contributed by atoms with Gasteiger partial charge in [0, 0.05) is 18.0 Å². The number of fused-ring (bicyclic) bond motifs is 3. The number of rotatable bonds is 2. The van der Waals surface area contributed by atoms with Gasteiger partial charge in [-0.25, -0.2) is 15.0 Å². The molecule has 0 saturated heterocycles. The molecule has 0 N–H and O–H groups in total. The van der Waals surface area contributed by atoms with E-state index in [4.69, 9.17) is 9.98 Å². The van der Waals surface area contributed by atoms with Crippen LogP contribution in [0.2, 0.25) is 0 Å². The Hall–Kier alpha value is -3.01. The molecule has 24 heavy (non-hydrogen) atoms. The number of aromatic nitrogens is 3. The highest BCUT2D eigenvalue weighted by Gasteiger charge is 2.24. The fourth-order valence-corrected chi connectivity index (χ4v) is 3.01. The Bertz CT molecular complexity index is 935. The summed E-state index contributed by atoms with van der Waals surface area (Å²) in [5, 5.41) is 0. The summed E-state index contributed by atoms with van der Waals surface area (Å²) in [5.74, 6) is 1.80. The average molecular weight is 314 g/mol. The lowest BCUT2D eigenvalue weighted by Gasteiger charge is -2.10. The van der Waals surface area contributed by atoms with Gasteiger partial charge in [-0.15, -0.1) is 0 Å². The zero-order valence-electron chi connectivity index (χ0n) is 13.7. The molecule has 2 aromatic heterocycles. The molecule has 1 aliphatic rings. The highest BCUT2D eigenvalue weighted by molar-refractivity contribution is 6.02. The van der Waals surface area contributed by atoms with Gasteiger partial charge >= 0.3 is 0 Å². The van der Waals surface area contributed by atoms with Crippen molar-refractivity contribution in [1.82, 2.24) is 14.5 Å². The van der Waals surface area contributed by atoms with E-state index in [0.29, 0.717) is 0 Å². The number of allylic oxidation sites excluding steroid dienone is 2. The standard InChI is InChI=1S/C20H18N4/c1-3-8-16-14(2)20-23-17(15-9-5-4-6-10-15)13-24(20)18-11-7-12-21-19(18)22-16/h3-14H,1-2H3/b8-3-. The molecule has 4 nitrogen and oxygen atoms in total. The van der Waals surface area contributed by atoms with Gasteiger partial charge in [-0.2, -0.15) is 0 Å². The molecular formula is C20H18N4. The minimum absolute atomic E-state index is 0.0906. The number of nitrogens with zero attached hydrogens (tertiary/aromatic N) is 4. The number of hydrogen-bond acceptors (Lipinski definition) is 3. The molecule has 0 bridgehead atoms. The Morgan fingerprint density at radius 1 is 1.08 bits per heavy atom. The van der Waals surface area contributed by atoms with E-state index >= 15 is 0 Å². The second kappa shape index (κ2) is 5.89. The fraction of sp³-hybridized carbons (Fsp3) is 0.150. The fourth-order valence-electron chi connectivity index (χ4n) is 3.01. The van der Waals surface area contributed by atoms with Gasteiger partial charge in [-0.1, -0.05) is 36.4 Å². The predicted octanol–water partition coefficient (Wildman–Crippen LogP) is 4.70. The molecule has 0 spiro atoms. The summed E-state index contributed by atoms with van der Waals surface area (Å²) in [4.78, 5) is 14.1. The largest absolute Gasteiger partial charge is 0.299 e. The lowest BCUT2D eigenvalue weighted by Crippen LogP contribution is -2.10. The smallest absolute Gasteiger partial charge is 0.176 e. The molecule has 1 aliphatic heterocycles. The van der Waals surface area contributed by atoms with Crippen molar-refractivity contribution < 1.29 is 0 Å². The van der Waals surface area contributed by atoms with Gasteiger partial charge in [-0.3, -0.25) is 4.57 Å². The summed E-state index contributed by atoms with van der Waals surface area (Å²) in [6, 6.07) is 14.2. The van der Waals surface area contributed by atoms with Crippen LogP contribution in [0, 0.1) is 0 Å². The van der Waals surface area contributed by atoms with E-state index < -0.39 is 0 Å². The van der Waals surface area contributed by atoms with Crippen molar-refractivity contribution in [2.75, 3.05) is 0 Å². The van der Waals surface area contributed by atoms with Crippen LogP contribution in [-0.4, -0.2) is 20.2 Å². The topological polar surface area (TPSA) is 43.1 Å². The van der Waals surface area contributed by atoms with Crippen LogP contribution in [0.5, 0.6) is 0 Å². The second-order valence-corrected chi connectivity index (χ2v) is 5.82. The van der Waals surface area contributed by atoms with E-state index in [9.17, 15) is 0 Å². The first-order valence-electron chi connectivity index (χ1n) is 8.09. The van der Waals surface area contributed by atoms with E-state index in [1.165, 1.54) is 0 Å². The van der Waals surface area contributed by atoms with E-state index in [1.54, 1.807) is 6.20 Å². The Morgan fingerprint density at radius 2 is 1.92 bits per heavy atom. The van der Waals surface area contributed by atoms with Gasteiger partial charge in [0.25, 0.3) is 0 Å². The third-order valence-corrected chi connectivity index (χ3v) is 4.23. The molecule has 0 saturated carbocycles. The summed E-state index contributed by atoms with van der Waals surface area (Å²) in [6.07, 6.45) is 7.90. The zero-order chi connectivity index (χ0) is 16.5. The third-order valence-electron chi connectivity index (χ3n) is 4.23. The summed E-state index contributed by atoms with van der Waals surface area (Å²) < 4.78 is 2.12. The van der Waals surface area contributed by atoms with Crippen LogP contribution < -0.4 is 0 Å². The second-order valence-electron chi connectivity index (χ2n) is 5.82. The van der Waals surface area contributed by atoms with E-state index in [0.717, 1.165) is 34.3 Å². The van der Waals surface area contributed by atoms with Crippen LogP contribution in [-0.2, 0) is 0 Å². The number of imidazole rings is 1. The van der Waals surface area contributed by atoms with Gasteiger partial charge in [0.15, 0.2) is 5.82 Å². The zero-order valence-corrected chi connectivity index (χ0v) is 13.7. The SMILES string of the molecule is C/C=C\C1=Nc2ncccc2-n2cc(-c3ccccc3)nc2C1C. The average Bonchev–Trinajstić information content (AvgIpc) is 3.03. The molecular weight excluding hydrogens is 296 g/mol. The van der Waals surface area contributed by atoms with E-state index in [1.807, 2.05) is 49.4 Å². The van der Waals surface area contributed by atoms with Crippen molar-refractivity contribution in [3.63, 3.8) is 0 Å². The Labute approximate surface area is 141 Å². The summed E-state index contributed by atoms with van der Waals surface area (Å²) in [5.41, 5.74) is 4.02. The first-order chi connectivity index (χ1) is 11.8. The lowest BCUT2D eigenvalue weighted by atomic mass is 10.0. The van der Waals surface area contributed by atoms with Gasteiger partial charge in [-0.05, 0) is 32.1 Å². The molecule has 3 aromatic rings. The molecule has 1 aromatic carbocycles. The Balaban J connectivity index is 1.95.